The summed E-state index contributed by atoms with van der Waals surface area (Å²) in [5.41, 5.74) is 4.16. The molecule has 0 unspecified atom stereocenters. The Morgan fingerprint density at radius 1 is 1.08 bits per heavy atom. The summed E-state index contributed by atoms with van der Waals surface area (Å²) in [4.78, 5) is 12.2. The second-order valence-corrected chi connectivity index (χ2v) is 6.84. The van der Waals surface area contributed by atoms with E-state index in [0.717, 1.165) is 22.8 Å². The predicted molar refractivity (Wildman–Crippen MR) is 97.7 cm³/mol. The van der Waals surface area contributed by atoms with Crippen molar-refractivity contribution in [3.8, 4) is 5.69 Å². The minimum Gasteiger partial charge on any atom is -0.310 e. The molecule has 0 bridgehead atoms. The fraction of sp³-hybridized carbons (Fsp3) is 0.158. The van der Waals surface area contributed by atoms with Crippen LogP contribution in [0, 0.1) is 6.92 Å². The molecule has 1 atom stereocenters. The maximum absolute atomic E-state index is 12.2. The van der Waals surface area contributed by atoms with E-state index in [1.807, 2.05) is 60.1 Å². The summed E-state index contributed by atoms with van der Waals surface area (Å²) in [6, 6.07) is 20.2. The molecule has 0 spiro atoms. The summed E-state index contributed by atoms with van der Waals surface area (Å²) in [5.74, 6) is 1.22. The van der Waals surface area contributed by atoms with Crippen molar-refractivity contribution in [2.75, 3.05) is 11.1 Å². The Balaban J connectivity index is 1.90. The number of anilines is 1. The van der Waals surface area contributed by atoms with Gasteiger partial charge in [-0.2, -0.15) is 5.10 Å². The number of hydrogen-bond donors (Lipinski definition) is 1. The van der Waals surface area contributed by atoms with Gasteiger partial charge in [0.15, 0.2) is 0 Å². The molecule has 24 heavy (non-hydrogen) atoms. The number of aryl methyl sites for hydroxylation is 1. The first-order valence-electron chi connectivity index (χ1n) is 7.85. The Bertz CT molecular complexity index is 874. The second kappa shape index (κ2) is 6.17. The van der Waals surface area contributed by atoms with Crippen LogP contribution in [0.4, 0.5) is 5.82 Å². The number of carbonyl (C=O) groups is 1. The van der Waals surface area contributed by atoms with Crippen LogP contribution in [0.1, 0.15) is 22.1 Å². The molecule has 3 aromatic rings. The molecule has 0 fully saturated rings. The summed E-state index contributed by atoms with van der Waals surface area (Å²) < 4.78 is 1.84. The number of nitrogens with zero attached hydrogens (tertiary/aromatic N) is 2. The average molecular weight is 335 g/mol. The highest BCUT2D eigenvalue weighted by Crippen LogP contribution is 2.43. The smallest absolute Gasteiger partial charge is 0.235 e. The van der Waals surface area contributed by atoms with Crippen LogP contribution in [0.5, 0.6) is 0 Å². The van der Waals surface area contributed by atoms with Crippen molar-refractivity contribution in [1.29, 1.82) is 0 Å². The topological polar surface area (TPSA) is 46.9 Å². The Labute approximate surface area is 144 Å². The van der Waals surface area contributed by atoms with Crippen LogP contribution in [-0.4, -0.2) is 21.4 Å². The summed E-state index contributed by atoms with van der Waals surface area (Å²) in [5, 5.41) is 7.85. The van der Waals surface area contributed by atoms with Crippen LogP contribution < -0.4 is 5.32 Å². The summed E-state index contributed by atoms with van der Waals surface area (Å²) >= 11 is 1.65. The first-order chi connectivity index (χ1) is 11.7. The average Bonchev–Trinajstić information content (AvgIpc) is 2.83. The maximum atomic E-state index is 12.2. The lowest BCUT2D eigenvalue weighted by Gasteiger charge is -2.15. The number of benzene rings is 2. The van der Waals surface area contributed by atoms with E-state index in [1.54, 1.807) is 11.8 Å². The number of carbonyl (C=O) groups excluding carboxylic acids is 1. The van der Waals surface area contributed by atoms with Crippen molar-refractivity contribution >= 4 is 23.5 Å². The summed E-state index contributed by atoms with van der Waals surface area (Å²) in [6.07, 6.45) is 0. The zero-order chi connectivity index (χ0) is 16.5. The van der Waals surface area contributed by atoms with E-state index in [-0.39, 0.29) is 11.2 Å². The third-order valence-corrected chi connectivity index (χ3v) is 5.38. The molecule has 0 saturated carbocycles. The number of fused-ring (bicyclic) bond motifs is 1. The molecule has 2 aromatic carbocycles. The van der Waals surface area contributed by atoms with E-state index in [4.69, 9.17) is 5.10 Å². The fourth-order valence-electron chi connectivity index (χ4n) is 3.03. The Morgan fingerprint density at radius 3 is 2.46 bits per heavy atom. The summed E-state index contributed by atoms with van der Waals surface area (Å²) in [6.45, 7) is 2.01. The van der Waals surface area contributed by atoms with Gasteiger partial charge in [-0.25, -0.2) is 4.68 Å². The third kappa shape index (κ3) is 2.61. The molecular formula is C19H17N3OS. The third-order valence-electron chi connectivity index (χ3n) is 4.11. The molecule has 2 heterocycles. The molecule has 0 saturated heterocycles. The lowest BCUT2D eigenvalue weighted by Crippen LogP contribution is -2.15. The van der Waals surface area contributed by atoms with Crippen LogP contribution >= 0.6 is 11.8 Å². The molecular weight excluding hydrogens is 318 g/mol. The van der Waals surface area contributed by atoms with Crippen molar-refractivity contribution in [2.24, 2.45) is 0 Å². The molecule has 0 radical (unpaired) electrons. The van der Waals surface area contributed by atoms with Gasteiger partial charge in [0, 0.05) is 5.56 Å². The maximum Gasteiger partial charge on any atom is 0.235 e. The largest absolute Gasteiger partial charge is 0.310 e. The van der Waals surface area contributed by atoms with Gasteiger partial charge < -0.3 is 5.32 Å². The number of thioether (sulfide) groups is 1. The van der Waals surface area contributed by atoms with Crippen LogP contribution in [0.2, 0.25) is 0 Å². The van der Waals surface area contributed by atoms with Gasteiger partial charge in [0.05, 0.1) is 22.4 Å². The highest BCUT2D eigenvalue weighted by atomic mass is 32.2. The molecule has 1 aliphatic rings. The van der Waals surface area contributed by atoms with Gasteiger partial charge in [0.2, 0.25) is 5.91 Å². The van der Waals surface area contributed by atoms with Gasteiger partial charge in [-0.05, 0) is 24.6 Å². The SMILES string of the molecule is Cc1nn(-c2ccccc2)c2c1[C@@H](c1ccccc1)SCC(=O)N2. The molecule has 1 amide bonds. The minimum atomic E-state index is 0.0109. The van der Waals surface area contributed by atoms with E-state index >= 15 is 0 Å². The highest BCUT2D eigenvalue weighted by Gasteiger charge is 2.30. The normalized spacial score (nSPS) is 17.0. The van der Waals surface area contributed by atoms with E-state index < -0.39 is 0 Å². The van der Waals surface area contributed by atoms with Crippen molar-refractivity contribution in [2.45, 2.75) is 12.2 Å². The van der Waals surface area contributed by atoms with Crippen molar-refractivity contribution in [3.63, 3.8) is 0 Å². The molecule has 4 rings (SSSR count). The van der Waals surface area contributed by atoms with E-state index in [0.29, 0.717) is 5.75 Å². The molecule has 4 nitrogen and oxygen atoms in total. The number of aromatic nitrogens is 2. The van der Waals surface area contributed by atoms with Crippen molar-refractivity contribution in [3.05, 3.63) is 77.5 Å². The van der Waals surface area contributed by atoms with E-state index in [9.17, 15) is 4.79 Å². The van der Waals surface area contributed by atoms with Gasteiger partial charge in [-0.15, -0.1) is 11.8 Å². The molecule has 1 N–H and O–H groups in total. The first kappa shape index (κ1) is 15.0. The number of amides is 1. The molecule has 1 aliphatic heterocycles. The molecule has 1 aromatic heterocycles. The van der Waals surface area contributed by atoms with Crippen LogP contribution in [-0.2, 0) is 4.79 Å². The van der Waals surface area contributed by atoms with Crippen LogP contribution in [0.3, 0.4) is 0 Å². The summed E-state index contributed by atoms with van der Waals surface area (Å²) in [7, 11) is 0. The second-order valence-electron chi connectivity index (χ2n) is 5.74. The number of para-hydroxylation sites is 1. The Morgan fingerprint density at radius 2 is 1.75 bits per heavy atom. The molecule has 5 heteroatoms. The van der Waals surface area contributed by atoms with Gasteiger partial charge in [0.25, 0.3) is 0 Å². The lowest BCUT2D eigenvalue weighted by atomic mass is 10.0. The Kier molecular flexibility index (Phi) is 3.86. The first-order valence-corrected chi connectivity index (χ1v) is 8.90. The van der Waals surface area contributed by atoms with Crippen LogP contribution in [0.25, 0.3) is 5.69 Å². The number of nitrogens with one attached hydrogen (secondary N) is 1. The Hall–Kier alpha value is -2.53. The van der Waals surface area contributed by atoms with Gasteiger partial charge >= 0.3 is 0 Å². The molecule has 0 aliphatic carbocycles. The lowest BCUT2D eigenvalue weighted by molar-refractivity contribution is -0.113. The van der Waals surface area contributed by atoms with E-state index in [2.05, 4.69) is 17.4 Å². The van der Waals surface area contributed by atoms with Gasteiger partial charge in [-0.1, -0.05) is 48.5 Å². The highest BCUT2D eigenvalue weighted by molar-refractivity contribution is 8.00. The van der Waals surface area contributed by atoms with Crippen LogP contribution in [0.15, 0.2) is 60.7 Å². The quantitative estimate of drug-likeness (QED) is 0.771. The monoisotopic (exact) mass is 335 g/mol. The minimum absolute atomic E-state index is 0.0109. The van der Waals surface area contributed by atoms with Gasteiger partial charge in [-0.3, -0.25) is 4.79 Å². The molecule has 120 valence electrons. The number of rotatable bonds is 2. The van der Waals surface area contributed by atoms with Crippen molar-refractivity contribution < 1.29 is 4.79 Å². The van der Waals surface area contributed by atoms with Crippen molar-refractivity contribution in [1.82, 2.24) is 9.78 Å². The number of hydrogen-bond acceptors (Lipinski definition) is 3. The van der Waals surface area contributed by atoms with E-state index in [1.165, 1.54) is 5.56 Å². The van der Waals surface area contributed by atoms with Gasteiger partial charge in [0.1, 0.15) is 5.82 Å². The zero-order valence-corrected chi connectivity index (χ0v) is 14.1. The fourth-order valence-corrected chi connectivity index (χ4v) is 4.22. The standard InChI is InChI=1S/C19H17N3OS/c1-13-17-18(14-8-4-2-5-9-14)24-12-16(23)20-19(17)22(21-13)15-10-6-3-7-11-15/h2-11,18H,12H2,1H3,(H,20,23)/t18-/m1/s1. The zero-order valence-electron chi connectivity index (χ0n) is 13.3. The predicted octanol–water partition coefficient (Wildman–Crippen LogP) is 3.96.